The molecule has 3 amide bonds. The van der Waals surface area contributed by atoms with Crippen molar-refractivity contribution in [3.63, 3.8) is 0 Å². The molecular weight excluding hydrogens is 562 g/mol. The van der Waals surface area contributed by atoms with Crippen molar-refractivity contribution in [2.75, 3.05) is 58.5 Å². The van der Waals surface area contributed by atoms with E-state index in [1.165, 1.54) is 16.0 Å². The summed E-state index contributed by atoms with van der Waals surface area (Å²) < 4.78 is 16.7. The second-order valence-electron chi connectivity index (χ2n) is 11.0. The lowest BCUT2D eigenvalue weighted by molar-refractivity contribution is -0.134. The van der Waals surface area contributed by atoms with Gasteiger partial charge < -0.3 is 34.0 Å². The normalized spacial score (nSPS) is 16.1. The average molecular weight is 602 g/mol. The van der Waals surface area contributed by atoms with Crippen LogP contribution in [0.1, 0.15) is 46.3 Å². The summed E-state index contributed by atoms with van der Waals surface area (Å²) in [6.45, 7) is 3.51. The van der Waals surface area contributed by atoms with Crippen molar-refractivity contribution in [2.24, 2.45) is 0 Å². The van der Waals surface area contributed by atoms with Crippen LogP contribution in [0.4, 0.5) is 10.5 Å². The maximum absolute atomic E-state index is 13.9. The first-order chi connectivity index (χ1) is 21.3. The highest BCUT2D eigenvalue weighted by Crippen LogP contribution is 2.40. The van der Waals surface area contributed by atoms with Crippen LogP contribution in [0, 0.1) is 0 Å². The number of amides is 3. The number of hydrogen-bond acceptors (Lipinski definition) is 6. The fraction of sp³-hybridized carbons (Fsp3) is 0.382. The first kappa shape index (κ1) is 30.7. The predicted octanol–water partition coefficient (Wildman–Crippen LogP) is 4.84. The fourth-order valence-corrected chi connectivity index (χ4v) is 6.01. The van der Waals surface area contributed by atoms with Gasteiger partial charge in [-0.15, -0.1) is 0 Å². The SMILES string of the molecule is CCN(C(=O)c1ccc(OCC(=O)N2CCN(C(=O)O)CC2)cc1)c1cc(OC)ccc1C1CCc2cc(OC)ccc2C1. The van der Waals surface area contributed by atoms with E-state index in [1.807, 2.05) is 25.1 Å². The van der Waals surface area contributed by atoms with E-state index in [-0.39, 0.29) is 37.4 Å². The van der Waals surface area contributed by atoms with Crippen LogP contribution < -0.4 is 19.1 Å². The lowest BCUT2D eigenvalue weighted by atomic mass is 9.79. The van der Waals surface area contributed by atoms with E-state index in [0.29, 0.717) is 36.7 Å². The predicted molar refractivity (Wildman–Crippen MR) is 166 cm³/mol. The molecule has 0 aromatic heterocycles. The van der Waals surface area contributed by atoms with E-state index in [2.05, 4.69) is 18.2 Å². The Morgan fingerprint density at radius 2 is 1.48 bits per heavy atom. The van der Waals surface area contributed by atoms with Gasteiger partial charge in [0.05, 0.1) is 19.9 Å². The molecule has 44 heavy (non-hydrogen) atoms. The van der Waals surface area contributed by atoms with Gasteiger partial charge in [-0.1, -0.05) is 12.1 Å². The van der Waals surface area contributed by atoms with Crippen LogP contribution in [0.5, 0.6) is 17.2 Å². The summed E-state index contributed by atoms with van der Waals surface area (Å²) in [5, 5.41) is 9.10. The molecule has 5 rings (SSSR count). The summed E-state index contributed by atoms with van der Waals surface area (Å²) in [7, 11) is 3.31. The minimum absolute atomic E-state index is 0.137. The molecule has 3 aromatic rings. The summed E-state index contributed by atoms with van der Waals surface area (Å²) in [5.74, 6) is 1.94. The average Bonchev–Trinajstić information content (AvgIpc) is 3.07. The number of rotatable bonds is 9. The number of methoxy groups -OCH3 is 2. The Kier molecular flexibility index (Phi) is 9.57. The molecule has 1 fully saturated rings. The molecule has 0 saturated carbocycles. The first-order valence-electron chi connectivity index (χ1n) is 14.9. The van der Waals surface area contributed by atoms with Gasteiger partial charge in [-0.25, -0.2) is 4.79 Å². The van der Waals surface area contributed by atoms with Gasteiger partial charge in [0.15, 0.2) is 6.61 Å². The summed E-state index contributed by atoms with van der Waals surface area (Å²) in [6.07, 6.45) is 1.80. The number of hydrogen-bond donors (Lipinski definition) is 1. The Morgan fingerprint density at radius 3 is 2.14 bits per heavy atom. The molecule has 1 N–H and O–H groups in total. The molecule has 1 saturated heterocycles. The van der Waals surface area contributed by atoms with Crippen LogP contribution in [0.2, 0.25) is 0 Å². The second kappa shape index (κ2) is 13.7. The number of anilines is 1. The summed E-state index contributed by atoms with van der Waals surface area (Å²) >= 11 is 0. The van der Waals surface area contributed by atoms with E-state index in [4.69, 9.17) is 19.3 Å². The van der Waals surface area contributed by atoms with Crippen LogP contribution in [-0.4, -0.2) is 86.4 Å². The molecule has 0 bridgehead atoms. The van der Waals surface area contributed by atoms with Crippen LogP contribution in [0.15, 0.2) is 60.7 Å². The van der Waals surface area contributed by atoms with Gasteiger partial charge >= 0.3 is 6.09 Å². The van der Waals surface area contributed by atoms with Gasteiger partial charge in [-0.3, -0.25) is 9.59 Å². The van der Waals surface area contributed by atoms with E-state index in [1.54, 1.807) is 48.3 Å². The molecule has 1 aliphatic carbocycles. The molecule has 10 nitrogen and oxygen atoms in total. The van der Waals surface area contributed by atoms with E-state index >= 15 is 0 Å². The summed E-state index contributed by atoms with van der Waals surface area (Å²) in [4.78, 5) is 42.2. The first-order valence-corrected chi connectivity index (χ1v) is 14.9. The number of fused-ring (bicyclic) bond motifs is 1. The van der Waals surface area contributed by atoms with Crippen molar-refractivity contribution >= 4 is 23.6 Å². The summed E-state index contributed by atoms with van der Waals surface area (Å²) in [6, 6.07) is 19.0. The number of nitrogens with zero attached hydrogens (tertiary/aromatic N) is 3. The lowest BCUT2D eigenvalue weighted by Gasteiger charge is -2.33. The number of ether oxygens (including phenoxy) is 3. The minimum Gasteiger partial charge on any atom is -0.497 e. The van der Waals surface area contributed by atoms with Crippen molar-refractivity contribution in [3.8, 4) is 17.2 Å². The fourth-order valence-electron chi connectivity index (χ4n) is 6.01. The Labute approximate surface area is 257 Å². The Bertz CT molecular complexity index is 1500. The van der Waals surface area contributed by atoms with Crippen molar-refractivity contribution in [1.82, 2.24) is 9.80 Å². The number of carboxylic acid groups (broad SMARTS) is 1. The third-order valence-corrected chi connectivity index (χ3v) is 8.54. The number of benzene rings is 3. The topological polar surface area (TPSA) is 109 Å². The van der Waals surface area contributed by atoms with Crippen LogP contribution >= 0.6 is 0 Å². The highest BCUT2D eigenvalue weighted by molar-refractivity contribution is 6.06. The zero-order valence-electron chi connectivity index (χ0n) is 25.5. The maximum Gasteiger partial charge on any atom is 0.407 e. The van der Waals surface area contributed by atoms with Crippen molar-refractivity contribution in [1.29, 1.82) is 0 Å². The quantitative estimate of drug-likeness (QED) is 0.374. The minimum atomic E-state index is -0.978. The molecule has 10 heteroatoms. The van der Waals surface area contributed by atoms with E-state index in [0.717, 1.165) is 36.3 Å². The monoisotopic (exact) mass is 601 g/mol. The zero-order valence-corrected chi connectivity index (χ0v) is 25.5. The van der Waals surface area contributed by atoms with Crippen LogP contribution in [-0.2, 0) is 17.6 Å². The van der Waals surface area contributed by atoms with Gasteiger partial charge in [0.25, 0.3) is 11.8 Å². The third-order valence-electron chi connectivity index (χ3n) is 8.54. The van der Waals surface area contributed by atoms with Crippen molar-refractivity contribution in [3.05, 3.63) is 82.9 Å². The number of carbonyl (C=O) groups excluding carboxylic acids is 2. The van der Waals surface area contributed by atoms with Crippen molar-refractivity contribution < 1.29 is 33.7 Å². The maximum atomic E-state index is 13.9. The third kappa shape index (κ3) is 6.74. The molecule has 2 aliphatic rings. The number of aryl methyl sites for hydroxylation is 1. The molecule has 232 valence electrons. The Balaban J connectivity index is 1.28. The zero-order chi connectivity index (χ0) is 31.2. The Hall–Kier alpha value is -4.73. The molecule has 3 aromatic carbocycles. The molecular formula is C34H39N3O7. The van der Waals surface area contributed by atoms with Crippen LogP contribution in [0.3, 0.4) is 0 Å². The summed E-state index contributed by atoms with van der Waals surface area (Å²) in [5.41, 5.74) is 5.07. The second-order valence-corrected chi connectivity index (χ2v) is 11.0. The number of piperazine rings is 1. The Morgan fingerprint density at radius 1 is 0.841 bits per heavy atom. The largest absolute Gasteiger partial charge is 0.497 e. The smallest absolute Gasteiger partial charge is 0.407 e. The molecule has 1 atom stereocenters. The van der Waals surface area contributed by atoms with Gasteiger partial charge in [0, 0.05) is 44.4 Å². The van der Waals surface area contributed by atoms with Crippen molar-refractivity contribution in [2.45, 2.75) is 32.1 Å². The number of carbonyl (C=O) groups is 3. The van der Waals surface area contributed by atoms with Gasteiger partial charge in [0.1, 0.15) is 17.2 Å². The molecule has 0 spiro atoms. The lowest BCUT2D eigenvalue weighted by Crippen LogP contribution is -2.51. The molecule has 1 aliphatic heterocycles. The van der Waals surface area contributed by atoms with E-state index in [9.17, 15) is 14.4 Å². The highest BCUT2D eigenvalue weighted by Gasteiger charge is 2.28. The molecule has 0 radical (unpaired) electrons. The van der Waals surface area contributed by atoms with Gasteiger partial charge in [0.2, 0.25) is 0 Å². The van der Waals surface area contributed by atoms with Crippen LogP contribution in [0.25, 0.3) is 0 Å². The van der Waals surface area contributed by atoms with Gasteiger partial charge in [-0.2, -0.15) is 0 Å². The molecule has 1 heterocycles. The highest BCUT2D eigenvalue weighted by atomic mass is 16.5. The standard InChI is InChI=1S/C34H39N3O7/c1-4-37(31-21-29(43-3)13-14-30(31)26-6-5-25-20-28(42-2)12-9-24(25)19-26)33(39)23-7-10-27(11-8-23)44-22-32(38)35-15-17-36(18-16-35)34(40)41/h7-14,20-21,26H,4-6,15-19,22H2,1-3H3,(H,40,41). The molecule has 1 unspecified atom stereocenters. The van der Waals surface area contributed by atoms with Gasteiger partial charge in [-0.05, 0) is 91.3 Å². The van der Waals surface area contributed by atoms with E-state index < -0.39 is 6.09 Å².